The molecule has 5 heteroatoms. The number of carbonyl (C=O) groups excluding carboxylic acids is 1. The van der Waals surface area contributed by atoms with Crippen molar-refractivity contribution in [2.24, 2.45) is 0 Å². The molecule has 0 N–H and O–H groups in total. The van der Waals surface area contributed by atoms with Crippen LogP contribution in [-0.4, -0.2) is 33.9 Å². The second kappa shape index (κ2) is 4.40. The van der Waals surface area contributed by atoms with Crippen molar-refractivity contribution >= 4 is 17.5 Å². The van der Waals surface area contributed by atoms with Gasteiger partial charge in [-0.15, -0.1) is 0 Å². The van der Waals surface area contributed by atoms with Crippen LogP contribution in [0.4, 0.5) is 0 Å². The Labute approximate surface area is 92.6 Å². The van der Waals surface area contributed by atoms with Crippen LogP contribution in [-0.2, 0) is 0 Å². The first kappa shape index (κ1) is 10.1. The molecule has 0 bridgehead atoms. The molecule has 15 heavy (non-hydrogen) atoms. The van der Waals surface area contributed by atoms with Crippen molar-refractivity contribution in [1.82, 2.24) is 14.9 Å². The number of rotatable bonds is 1. The normalized spacial score (nSPS) is 15.4. The highest BCUT2D eigenvalue weighted by atomic mass is 35.5. The lowest BCUT2D eigenvalue weighted by atomic mass is 10.2. The molecule has 0 saturated heterocycles. The van der Waals surface area contributed by atoms with Gasteiger partial charge in [-0.1, -0.05) is 23.8 Å². The minimum Gasteiger partial charge on any atom is -0.333 e. The molecule has 0 saturated carbocycles. The Bertz CT molecular complexity index is 405. The summed E-state index contributed by atoms with van der Waals surface area (Å²) in [5.74, 6) is -0.116. The van der Waals surface area contributed by atoms with Gasteiger partial charge in [-0.2, -0.15) is 0 Å². The van der Waals surface area contributed by atoms with Gasteiger partial charge in [0.2, 0.25) is 0 Å². The SMILES string of the molecule is O=C(c1cncc(Cl)n1)N1CC=CCC1. The minimum atomic E-state index is -0.116. The van der Waals surface area contributed by atoms with Crippen molar-refractivity contribution in [3.63, 3.8) is 0 Å². The molecule has 0 fully saturated rings. The molecule has 1 aliphatic rings. The number of hydrogen-bond acceptors (Lipinski definition) is 3. The van der Waals surface area contributed by atoms with Gasteiger partial charge in [0.25, 0.3) is 5.91 Å². The second-order valence-corrected chi connectivity index (χ2v) is 3.63. The number of nitrogens with zero attached hydrogens (tertiary/aromatic N) is 3. The first-order valence-corrected chi connectivity index (χ1v) is 5.07. The Morgan fingerprint density at radius 3 is 2.93 bits per heavy atom. The molecule has 0 atom stereocenters. The summed E-state index contributed by atoms with van der Waals surface area (Å²) in [7, 11) is 0. The highest BCUT2D eigenvalue weighted by Gasteiger charge is 2.17. The minimum absolute atomic E-state index is 0.116. The highest BCUT2D eigenvalue weighted by molar-refractivity contribution is 6.29. The van der Waals surface area contributed by atoms with Crippen LogP contribution >= 0.6 is 11.6 Å². The Balaban J connectivity index is 2.16. The second-order valence-electron chi connectivity index (χ2n) is 3.24. The molecule has 2 heterocycles. The third-order valence-corrected chi connectivity index (χ3v) is 2.35. The van der Waals surface area contributed by atoms with Gasteiger partial charge in [0.1, 0.15) is 10.8 Å². The maximum atomic E-state index is 11.9. The van der Waals surface area contributed by atoms with E-state index < -0.39 is 0 Å². The van der Waals surface area contributed by atoms with Crippen molar-refractivity contribution in [2.75, 3.05) is 13.1 Å². The fourth-order valence-electron chi connectivity index (χ4n) is 1.43. The fraction of sp³-hybridized carbons (Fsp3) is 0.300. The molecule has 78 valence electrons. The topological polar surface area (TPSA) is 46.1 Å². The largest absolute Gasteiger partial charge is 0.333 e. The Morgan fingerprint density at radius 2 is 2.27 bits per heavy atom. The third kappa shape index (κ3) is 2.33. The van der Waals surface area contributed by atoms with Crippen LogP contribution in [0.5, 0.6) is 0 Å². The van der Waals surface area contributed by atoms with E-state index in [1.165, 1.54) is 12.4 Å². The molecule has 1 aromatic rings. The Morgan fingerprint density at radius 1 is 1.40 bits per heavy atom. The molecular formula is C10H10ClN3O. The molecule has 0 unspecified atom stereocenters. The molecule has 1 aromatic heterocycles. The number of aromatic nitrogens is 2. The van der Waals surface area contributed by atoms with Gasteiger partial charge in [0.15, 0.2) is 0 Å². The van der Waals surface area contributed by atoms with Crippen LogP contribution in [0.1, 0.15) is 16.9 Å². The standard InChI is InChI=1S/C10H10ClN3O/c11-9-7-12-6-8(13-9)10(15)14-4-2-1-3-5-14/h1-2,6-7H,3-5H2. The van der Waals surface area contributed by atoms with Crippen molar-refractivity contribution in [3.8, 4) is 0 Å². The van der Waals surface area contributed by atoms with E-state index in [-0.39, 0.29) is 11.1 Å². The van der Waals surface area contributed by atoms with E-state index in [0.29, 0.717) is 12.2 Å². The van der Waals surface area contributed by atoms with Crippen molar-refractivity contribution in [3.05, 3.63) is 35.4 Å². The number of carbonyl (C=O) groups is 1. The zero-order chi connectivity index (χ0) is 10.7. The summed E-state index contributed by atoms with van der Waals surface area (Å²) >= 11 is 5.67. The summed E-state index contributed by atoms with van der Waals surface area (Å²) in [6.07, 6.45) is 7.77. The lowest BCUT2D eigenvalue weighted by Gasteiger charge is -2.22. The Hall–Kier alpha value is -1.42. The average Bonchev–Trinajstić information content (AvgIpc) is 2.29. The Kier molecular flexibility index (Phi) is 2.97. The lowest BCUT2D eigenvalue weighted by molar-refractivity contribution is 0.0764. The van der Waals surface area contributed by atoms with Crippen LogP contribution in [0.3, 0.4) is 0 Å². The lowest BCUT2D eigenvalue weighted by Crippen LogP contribution is -2.34. The zero-order valence-electron chi connectivity index (χ0n) is 8.06. The predicted molar refractivity (Wildman–Crippen MR) is 56.7 cm³/mol. The molecule has 0 aliphatic carbocycles. The van der Waals surface area contributed by atoms with Crippen molar-refractivity contribution in [2.45, 2.75) is 6.42 Å². The monoisotopic (exact) mass is 223 g/mol. The van der Waals surface area contributed by atoms with E-state index in [2.05, 4.69) is 16.0 Å². The maximum Gasteiger partial charge on any atom is 0.274 e. The molecule has 2 rings (SSSR count). The van der Waals surface area contributed by atoms with Crippen LogP contribution < -0.4 is 0 Å². The smallest absolute Gasteiger partial charge is 0.274 e. The summed E-state index contributed by atoms with van der Waals surface area (Å²) in [6, 6.07) is 0. The van der Waals surface area contributed by atoms with Crippen LogP contribution in [0.15, 0.2) is 24.5 Å². The van der Waals surface area contributed by atoms with E-state index in [0.717, 1.165) is 13.0 Å². The molecule has 1 aliphatic heterocycles. The van der Waals surface area contributed by atoms with Gasteiger partial charge in [0.05, 0.1) is 12.4 Å². The summed E-state index contributed by atoms with van der Waals surface area (Å²) < 4.78 is 0. The maximum absolute atomic E-state index is 11.9. The van der Waals surface area contributed by atoms with E-state index in [1.54, 1.807) is 4.90 Å². The van der Waals surface area contributed by atoms with E-state index in [4.69, 9.17) is 11.6 Å². The molecule has 1 amide bonds. The average molecular weight is 224 g/mol. The fourth-order valence-corrected chi connectivity index (χ4v) is 1.58. The van der Waals surface area contributed by atoms with E-state index >= 15 is 0 Å². The summed E-state index contributed by atoms with van der Waals surface area (Å²) in [5.41, 5.74) is 0.304. The van der Waals surface area contributed by atoms with Crippen LogP contribution in [0, 0.1) is 0 Å². The molecular weight excluding hydrogens is 214 g/mol. The van der Waals surface area contributed by atoms with Gasteiger partial charge >= 0.3 is 0 Å². The quantitative estimate of drug-likeness (QED) is 0.679. The summed E-state index contributed by atoms with van der Waals surface area (Å²) in [5, 5.41) is 0.244. The van der Waals surface area contributed by atoms with Crippen molar-refractivity contribution < 1.29 is 4.79 Å². The first-order valence-electron chi connectivity index (χ1n) is 4.69. The third-order valence-electron chi connectivity index (χ3n) is 2.17. The zero-order valence-corrected chi connectivity index (χ0v) is 8.81. The summed E-state index contributed by atoms with van der Waals surface area (Å²) in [6.45, 7) is 1.36. The highest BCUT2D eigenvalue weighted by Crippen LogP contribution is 2.08. The van der Waals surface area contributed by atoms with E-state index in [9.17, 15) is 4.79 Å². The molecule has 4 nitrogen and oxygen atoms in total. The van der Waals surface area contributed by atoms with Gasteiger partial charge in [-0.25, -0.2) is 4.98 Å². The first-order chi connectivity index (χ1) is 7.27. The molecule has 0 radical (unpaired) electrons. The summed E-state index contributed by atoms with van der Waals surface area (Å²) in [4.78, 5) is 21.4. The number of halogens is 1. The van der Waals surface area contributed by atoms with Crippen LogP contribution in [0.25, 0.3) is 0 Å². The number of hydrogen-bond donors (Lipinski definition) is 0. The molecule has 0 spiro atoms. The van der Waals surface area contributed by atoms with Crippen LogP contribution in [0.2, 0.25) is 5.15 Å². The van der Waals surface area contributed by atoms with Gasteiger partial charge < -0.3 is 4.90 Å². The van der Waals surface area contributed by atoms with Gasteiger partial charge in [-0.3, -0.25) is 9.78 Å². The van der Waals surface area contributed by atoms with Gasteiger partial charge in [-0.05, 0) is 6.42 Å². The van der Waals surface area contributed by atoms with Gasteiger partial charge in [0, 0.05) is 13.1 Å². The van der Waals surface area contributed by atoms with E-state index in [1.807, 2.05) is 6.08 Å². The molecule has 0 aromatic carbocycles. The predicted octanol–water partition coefficient (Wildman–Crippen LogP) is 1.53. The number of amides is 1. The van der Waals surface area contributed by atoms with Crippen molar-refractivity contribution in [1.29, 1.82) is 0 Å².